The van der Waals surface area contributed by atoms with Crippen LogP contribution in [0.2, 0.25) is 0 Å². The minimum absolute atomic E-state index is 0.00867. The van der Waals surface area contributed by atoms with E-state index in [-0.39, 0.29) is 12.6 Å². The van der Waals surface area contributed by atoms with E-state index in [1.165, 1.54) is 5.56 Å². The zero-order chi connectivity index (χ0) is 18.6. The molecule has 1 fully saturated rings. The smallest absolute Gasteiger partial charge is 0.317 e. The fourth-order valence-corrected chi connectivity index (χ4v) is 3.87. The molecule has 2 amide bonds. The number of likely N-dealkylation sites (tertiary alicyclic amines) is 1. The average Bonchev–Trinajstić information content (AvgIpc) is 3.15. The van der Waals surface area contributed by atoms with Crippen molar-refractivity contribution < 1.29 is 9.90 Å². The molecule has 2 heterocycles. The minimum Gasteiger partial charge on any atom is -0.392 e. The zero-order valence-electron chi connectivity index (χ0n) is 15.3. The lowest BCUT2D eigenvalue weighted by Gasteiger charge is -2.32. The second-order valence-electron chi connectivity index (χ2n) is 7.18. The van der Waals surface area contributed by atoms with Gasteiger partial charge in [-0.15, -0.1) is 0 Å². The van der Waals surface area contributed by atoms with E-state index in [0.29, 0.717) is 12.5 Å². The normalized spacial score (nSPS) is 15.2. The van der Waals surface area contributed by atoms with Crippen LogP contribution >= 0.6 is 0 Å². The Hall–Kier alpha value is -2.79. The van der Waals surface area contributed by atoms with Crippen LogP contribution in [0.4, 0.5) is 4.79 Å². The fraction of sp³-hybridized carbons (Fsp3) is 0.318. The first kappa shape index (κ1) is 17.6. The number of para-hydroxylation sites is 1. The molecule has 1 aromatic heterocycles. The van der Waals surface area contributed by atoms with Crippen LogP contribution in [-0.2, 0) is 13.2 Å². The molecule has 1 saturated heterocycles. The summed E-state index contributed by atoms with van der Waals surface area (Å²) in [6, 6.07) is 16.3. The number of urea groups is 1. The molecule has 1 aliphatic rings. The van der Waals surface area contributed by atoms with Gasteiger partial charge >= 0.3 is 6.03 Å². The molecule has 1 aliphatic heterocycles. The summed E-state index contributed by atoms with van der Waals surface area (Å²) in [5, 5.41) is 13.4. The molecular weight excluding hydrogens is 338 g/mol. The molecule has 4 rings (SSSR count). The van der Waals surface area contributed by atoms with Crippen molar-refractivity contribution in [3.05, 3.63) is 71.4 Å². The second-order valence-corrected chi connectivity index (χ2v) is 7.18. The Bertz CT molecular complexity index is 909. The van der Waals surface area contributed by atoms with Crippen molar-refractivity contribution in [1.29, 1.82) is 0 Å². The lowest BCUT2D eigenvalue weighted by Crippen LogP contribution is -2.43. The summed E-state index contributed by atoms with van der Waals surface area (Å²) >= 11 is 0. The van der Waals surface area contributed by atoms with Crippen molar-refractivity contribution in [2.45, 2.75) is 31.9 Å². The number of aromatic nitrogens is 1. The van der Waals surface area contributed by atoms with Gasteiger partial charge in [0.1, 0.15) is 0 Å². The number of piperidine rings is 1. The van der Waals surface area contributed by atoms with Gasteiger partial charge < -0.3 is 20.3 Å². The summed E-state index contributed by atoms with van der Waals surface area (Å²) in [6.07, 6.45) is 3.91. The number of hydrogen-bond donors (Lipinski definition) is 3. The Labute approximate surface area is 159 Å². The number of carbonyl (C=O) groups excluding carboxylic acids is 1. The van der Waals surface area contributed by atoms with E-state index < -0.39 is 0 Å². The Balaban J connectivity index is 1.30. The molecular formula is C22H25N3O2. The van der Waals surface area contributed by atoms with E-state index in [1.807, 2.05) is 41.4 Å². The number of H-pyrrole nitrogens is 1. The number of rotatable bonds is 4. The molecule has 0 radical (unpaired) electrons. The first-order valence-electron chi connectivity index (χ1n) is 9.52. The van der Waals surface area contributed by atoms with Crippen LogP contribution in [-0.4, -0.2) is 34.1 Å². The Kier molecular flexibility index (Phi) is 5.12. The van der Waals surface area contributed by atoms with Gasteiger partial charge in [-0.2, -0.15) is 0 Å². The third-order valence-corrected chi connectivity index (χ3v) is 5.52. The van der Waals surface area contributed by atoms with Crippen LogP contribution in [0.25, 0.3) is 10.9 Å². The molecule has 5 nitrogen and oxygen atoms in total. The molecule has 140 valence electrons. The van der Waals surface area contributed by atoms with Gasteiger partial charge in [-0.1, -0.05) is 42.5 Å². The van der Waals surface area contributed by atoms with Gasteiger partial charge in [0.05, 0.1) is 6.61 Å². The minimum atomic E-state index is 0.00867. The summed E-state index contributed by atoms with van der Waals surface area (Å²) in [4.78, 5) is 17.7. The molecule has 27 heavy (non-hydrogen) atoms. The molecule has 2 aromatic carbocycles. The largest absolute Gasteiger partial charge is 0.392 e. The topological polar surface area (TPSA) is 68.4 Å². The number of nitrogens with one attached hydrogen (secondary N) is 2. The van der Waals surface area contributed by atoms with Gasteiger partial charge in [-0.05, 0) is 41.5 Å². The number of hydrogen-bond acceptors (Lipinski definition) is 2. The summed E-state index contributed by atoms with van der Waals surface area (Å²) in [6.45, 7) is 2.15. The van der Waals surface area contributed by atoms with Crippen LogP contribution in [0.5, 0.6) is 0 Å². The summed E-state index contributed by atoms with van der Waals surface area (Å²) in [5.74, 6) is 0.482. The molecule has 0 spiro atoms. The van der Waals surface area contributed by atoms with Crippen LogP contribution in [0.1, 0.15) is 35.4 Å². The SMILES string of the molecule is O=C(NCc1c[nH]c2ccccc12)N1CCC(c2ccc(CO)cc2)CC1. The van der Waals surface area contributed by atoms with Crippen LogP contribution < -0.4 is 5.32 Å². The quantitative estimate of drug-likeness (QED) is 0.661. The van der Waals surface area contributed by atoms with Crippen LogP contribution in [0.3, 0.4) is 0 Å². The number of fused-ring (bicyclic) bond motifs is 1. The van der Waals surface area contributed by atoms with Gasteiger partial charge in [-0.3, -0.25) is 0 Å². The van der Waals surface area contributed by atoms with Gasteiger partial charge in [0.15, 0.2) is 0 Å². The van der Waals surface area contributed by atoms with Crippen molar-refractivity contribution in [1.82, 2.24) is 15.2 Å². The molecule has 0 atom stereocenters. The highest BCUT2D eigenvalue weighted by Crippen LogP contribution is 2.28. The lowest BCUT2D eigenvalue weighted by atomic mass is 9.89. The van der Waals surface area contributed by atoms with Crippen molar-refractivity contribution >= 4 is 16.9 Å². The van der Waals surface area contributed by atoms with E-state index >= 15 is 0 Å². The average molecular weight is 363 g/mol. The highest BCUT2D eigenvalue weighted by molar-refractivity contribution is 5.83. The predicted molar refractivity (Wildman–Crippen MR) is 106 cm³/mol. The first-order chi connectivity index (χ1) is 13.2. The van der Waals surface area contributed by atoms with E-state index in [9.17, 15) is 4.79 Å². The van der Waals surface area contributed by atoms with Crippen LogP contribution in [0.15, 0.2) is 54.7 Å². The van der Waals surface area contributed by atoms with Crippen molar-refractivity contribution in [2.75, 3.05) is 13.1 Å². The highest BCUT2D eigenvalue weighted by Gasteiger charge is 2.23. The number of benzene rings is 2. The fourth-order valence-electron chi connectivity index (χ4n) is 3.87. The second kappa shape index (κ2) is 7.84. The maximum absolute atomic E-state index is 12.5. The predicted octanol–water partition coefficient (Wildman–Crippen LogP) is 3.75. The summed E-state index contributed by atoms with van der Waals surface area (Å²) < 4.78 is 0. The summed E-state index contributed by atoms with van der Waals surface area (Å²) in [7, 11) is 0. The van der Waals surface area contributed by atoms with E-state index in [2.05, 4.69) is 28.5 Å². The molecule has 3 aromatic rings. The molecule has 0 saturated carbocycles. The van der Waals surface area contributed by atoms with E-state index in [0.717, 1.165) is 48.0 Å². The number of aliphatic hydroxyl groups is 1. The van der Waals surface area contributed by atoms with Gasteiger partial charge in [-0.25, -0.2) is 4.79 Å². The molecule has 0 unspecified atom stereocenters. The Morgan fingerprint density at radius 2 is 1.85 bits per heavy atom. The Morgan fingerprint density at radius 3 is 2.59 bits per heavy atom. The van der Waals surface area contributed by atoms with E-state index in [1.54, 1.807) is 0 Å². The lowest BCUT2D eigenvalue weighted by molar-refractivity contribution is 0.181. The third-order valence-electron chi connectivity index (χ3n) is 5.52. The van der Waals surface area contributed by atoms with Gasteiger partial charge in [0, 0.05) is 36.7 Å². The van der Waals surface area contributed by atoms with Gasteiger partial charge in [0.25, 0.3) is 0 Å². The highest BCUT2D eigenvalue weighted by atomic mass is 16.3. The monoisotopic (exact) mass is 363 g/mol. The first-order valence-corrected chi connectivity index (χ1v) is 9.52. The molecule has 0 bridgehead atoms. The molecule has 3 N–H and O–H groups in total. The standard InChI is InChI=1S/C22H25N3O2/c26-15-16-5-7-17(8-6-16)18-9-11-25(12-10-18)22(27)24-14-19-13-23-21-4-2-1-3-20(19)21/h1-8,13,18,23,26H,9-12,14-15H2,(H,24,27). The van der Waals surface area contributed by atoms with Crippen LogP contribution in [0, 0.1) is 0 Å². The number of nitrogens with zero attached hydrogens (tertiary/aromatic N) is 1. The zero-order valence-corrected chi connectivity index (χ0v) is 15.3. The molecule has 5 heteroatoms. The number of aliphatic hydroxyl groups excluding tert-OH is 1. The molecule has 0 aliphatic carbocycles. The number of carbonyl (C=O) groups is 1. The van der Waals surface area contributed by atoms with Crippen molar-refractivity contribution in [3.8, 4) is 0 Å². The number of amides is 2. The van der Waals surface area contributed by atoms with Crippen molar-refractivity contribution in [2.24, 2.45) is 0 Å². The van der Waals surface area contributed by atoms with Crippen molar-refractivity contribution in [3.63, 3.8) is 0 Å². The van der Waals surface area contributed by atoms with E-state index in [4.69, 9.17) is 5.11 Å². The maximum Gasteiger partial charge on any atom is 0.317 e. The maximum atomic E-state index is 12.5. The third kappa shape index (κ3) is 3.83. The number of aromatic amines is 1. The Morgan fingerprint density at radius 1 is 1.11 bits per heavy atom. The van der Waals surface area contributed by atoms with Gasteiger partial charge in [0.2, 0.25) is 0 Å². The summed E-state index contributed by atoms with van der Waals surface area (Å²) in [5.41, 5.74) is 4.44.